The molecule has 1 atom stereocenters. The third kappa shape index (κ3) is 3.04. The number of methoxy groups -OCH3 is 1. The van der Waals surface area contributed by atoms with E-state index in [4.69, 9.17) is 4.74 Å². The van der Waals surface area contributed by atoms with Gasteiger partial charge in [0.25, 0.3) is 5.91 Å². The zero-order valence-electron chi connectivity index (χ0n) is 14.1. The molecule has 1 aromatic rings. The molecule has 0 aromatic heterocycles. The Morgan fingerprint density at radius 2 is 2.22 bits per heavy atom. The van der Waals surface area contributed by atoms with Crippen molar-refractivity contribution in [2.75, 3.05) is 32.6 Å². The molecule has 2 heterocycles. The van der Waals surface area contributed by atoms with Crippen LogP contribution in [0.4, 0.5) is 5.69 Å². The van der Waals surface area contributed by atoms with Crippen molar-refractivity contribution < 1.29 is 9.53 Å². The Hall–Kier alpha value is -2.07. The number of fused-ring (bicyclic) bond motifs is 1. The van der Waals surface area contributed by atoms with E-state index in [0.29, 0.717) is 11.7 Å². The van der Waals surface area contributed by atoms with Crippen LogP contribution >= 0.6 is 0 Å². The van der Waals surface area contributed by atoms with Gasteiger partial charge in [0.2, 0.25) is 0 Å². The molecule has 0 spiro atoms. The Morgan fingerprint density at radius 3 is 2.96 bits per heavy atom. The predicted molar refractivity (Wildman–Crippen MR) is 93.6 cm³/mol. The molecule has 4 nitrogen and oxygen atoms in total. The number of para-hydroxylation sites is 1. The van der Waals surface area contributed by atoms with Gasteiger partial charge in [-0.1, -0.05) is 30.7 Å². The summed E-state index contributed by atoms with van der Waals surface area (Å²) in [6.45, 7) is 4.41. The van der Waals surface area contributed by atoms with E-state index >= 15 is 0 Å². The first kappa shape index (κ1) is 15.8. The number of nitrogens with zero attached hydrogens (tertiary/aromatic N) is 1. The van der Waals surface area contributed by atoms with Crippen molar-refractivity contribution in [2.24, 2.45) is 5.92 Å². The number of amides is 1. The lowest BCUT2D eigenvalue weighted by Crippen LogP contribution is -2.33. The molecule has 2 aliphatic heterocycles. The van der Waals surface area contributed by atoms with Crippen molar-refractivity contribution in [3.05, 3.63) is 41.5 Å². The van der Waals surface area contributed by atoms with Crippen LogP contribution in [0.1, 0.15) is 25.3 Å². The summed E-state index contributed by atoms with van der Waals surface area (Å²) < 4.78 is 5.33. The third-order valence-corrected chi connectivity index (χ3v) is 4.81. The highest BCUT2D eigenvalue weighted by molar-refractivity contribution is 6.32. The Kier molecular flexibility index (Phi) is 4.53. The Labute approximate surface area is 137 Å². The van der Waals surface area contributed by atoms with E-state index in [1.165, 1.54) is 5.57 Å². The van der Waals surface area contributed by atoms with Crippen molar-refractivity contribution in [3.8, 4) is 5.75 Å². The van der Waals surface area contributed by atoms with Crippen molar-refractivity contribution in [2.45, 2.75) is 19.8 Å². The first-order valence-electron chi connectivity index (χ1n) is 8.22. The van der Waals surface area contributed by atoms with Gasteiger partial charge in [0.15, 0.2) is 0 Å². The molecular weight excluding hydrogens is 288 g/mol. The fourth-order valence-electron chi connectivity index (χ4n) is 3.43. The lowest BCUT2D eigenvalue weighted by molar-refractivity contribution is -0.110. The first-order chi connectivity index (χ1) is 11.1. The van der Waals surface area contributed by atoms with E-state index in [-0.39, 0.29) is 5.91 Å². The fourth-order valence-corrected chi connectivity index (χ4v) is 3.43. The quantitative estimate of drug-likeness (QED) is 0.871. The molecule has 1 aromatic carbocycles. The van der Waals surface area contributed by atoms with E-state index in [2.05, 4.69) is 30.3 Å². The van der Waals surface area contributed by atoms with E-state index in [9.17, 15) is 4.79 Å². The summed E-state index contributed by atoms with van der Waals surface area (Å²) in [5.41, 5.74) is 3.87. The molecule has 0 radical (unpaired) electrons. The molecular formula is C19H24N2O2. The zero-order valence-corrected chi connectivity index (χ0v) is 14.1. The molecule has 1 amide bonds. The molecule has 2 aliphatic rings. The number of hydrogen-bond donors (Lipinski definition) is 1. The van der Waals surface area contributed by atoms with Crippen LogP contribution in [0, 0.1) is 5.92 Å². The highest BCUT2D eigenvalue weighted by atomic mass is 16.5. The number of carbonyl (C=O) groups excluding carboxylic acids is 1. The smallest absolute Gasteiger partial charge is 0.256 e. The number of ether oxygens (including phenoxy) is 1. The number of benzene rings is 1. The van der Waals surface area contributed by atoms with Gasteiger partial charge in [-0.15, -0.1) is 0 Å². The van der Waals surface area contributed by atoms with Crippen LogP contribution in [0.15, 0.2) is 35.9 Å². The van der Waals surface area contributed by atoms with Crippen molar-refractivity contribution in [1.29, 1.82) is 0 Å². The average Bonchev–Trinajstić information content (AvgIpc) is 2.89. The summed E-state index contributed by atoms with van der Waals surface area (Å²) in [5.74, 6) is 1.24. The zero-order chi connectivity index (χ0) is 16.4. The summed E-state index contributed by atoms with van der Waals surface area (Å²) in [6.07, 6.45) is 6.34. The lowest BCUT2D eigenvalue weighted by atomic mass is 9.89. The van der Waals surface area contributed by atoms with Crippen molar-refractivity contribution >= 4 is 17.2 Å². The second-order valence-electron chi connectivity index (χ2n) is 6.28. The van der Waals surface area contributed by atoms with Gasteiger partial charge in [0, 0.05) is 24.2 Å². The normalized spacial score (nSPS) is 24.8. The van der Waals surface area contributed by atoms with Crippen LogP contribution in [0.3, 0.4) is 0 Å². The Morgan fingerprint density at radius 1 is 1.39 bits per heavy atom. The van der Waals surface area contributed by atoms with Gasteiger partial charge >= 0.3 is 0 Å². The summed E-state index contributed by atoms with van der Waals surface area (Å²) in [4.78, 5) is 14.7. The van der Waals surface area contributed by atoms with E-state index < -0.39 is 0 Å². The standard InChI is InChI=1S/C19H24N2O2/c1-4-13-12-21(2)11-10-14(13)8-9-16-15-6-5-7-17(23-3)18(15)20-19(16)22/h5-9,13H,4,10-12H2,1-3H3,(H,20,22). The first-order valence-corrected chi connectivity index (χ1v) is 8.22. The topological polar surface area (TPSA) is 41.6 Å². The molecule has 0 aliphatic carbocycles. The monoisotopic (exact) mass is 312 g/mol. The number of likely N-dealkylation sites (tertiary alicyclic amines) is 1. The lowest BCUT2D eigenvalue weighted by Gasteiger charge is -2.31. The SMILES string of the molecule is CCC1CN(C)CCC1=CC=C1C(=O)Nc2c(OC)cccc21. The maximum atomic E-state index is 12.3. The summed E-state index contributed by atoms with van der Waals surface area (Å²) >= 11 is 0. The molecule has 1 saturated heterocycles. The maximum absolute atomic E-state index is 12.3. The van der Waals surface area contributed by atoms with Gasteiger partial charge in [-0.25, -0.2) is 0 Å². The van der Waals surface area contributed by atoms with Crippen molar-refractivity contribution in [3.63, 3.8) is 0 Å². The molecule has 3 rings (SSSR count). The minimum Gasteiger partial charge on any atom is -0.495 e. The second-order valence-corrected chi connectivity index (χ2v) is 6.28. The van der Waals surface area contributed by atoms with Crippen LogP contribution < -0.4 is 10.1 Å². The number of piperidine rings is 1. The number of anilines is 1. The Bertz CT molecular complexity index is 676. The number of nitrogens with one attached hydrogen (secondary N) is 1. The van der Waals surface area contributed by atoms with Crippen molar-refractivity contribution in [1.82, 2.24) is 4.90 Å². The highest BCUT2D eigenvalue weighted by Gasteiger charge is 2.27. The van der Waals surface area contributed by atoms with Crippen LogP contribution in [0.5, 0.6) is 5.75 Å². The maximum Gasteiger partial charge on any atom is 0.256 e. The number of hydrogen-bond acceptors (Lipinski definition) is 3. The minimum atomic E-state index is -0.0534. The van der Waals surface area contributed by atoms with Crippen LogP contribution in [-0.2, 0) is 4.79 Å². The van der Waals surface area contributed by atoms with Gasteiger partial charge in [-0.3, -0.25) is 4.79 Å². The fraction of sp³-hybridized carbons (Fsp3) is 0.421. The highest BCUT2D eigenvalue weighted by Crippen LogP contribution is 2.39. The van der Waals surface area contributed by atoms with Crippen LogP contribution in [-0.4, -0.2) is 38.1 Å². The minimum absolute atomic E-state index is 0.0534. The Balaban J connectivity index is 1.92. The van der Waals surface area contributed by atoms with Crippen LogP contribution in [0.25, 0.3) is 5.57 Å². The molecule has 0 bridgehead atoms. The number of rotatable bonds is 3. The molecule has 0 saturated carbocycles. The predicted octanol–water partition coefficient (Wildman–Crippen LogP) is 3.32. The van der Waals surface area contributed by atoms with E-state index in [1.807, 2.05) is 24.3 Å². The number of allylic oxidation sites excluding steroid dienone is 2. The average molecular weight is 312 g/mol. The molecule has 1 unspecified atom stereocenters. The van der Waals surface area contributed by atoms with Gasteiger partial charge in [-0.2, -0.15) is 0 Å². The van der Waals surface area contributed by atoms with Gasteiger partial charge in [-0.05, 0) is 37.9 Å². The third-order valence-electron chi connectivity index (χ3n) is 4.81. The molecule has 23 heavy (non-hydrogen) atoms. The number of carbonyl (C=O) groups is 1. The summed E-state index contributed by atoms with van der Waals surface area (Å²) in [7, 11) is 3.79. The van der Waals surface area contributed by atoms with E-state index in [1.54, 1.807) is 7.11 Å². The summed E-state index contributed by atoms with van der Waals surface area (Å²) in [5, 5.41) is 2.92. The second kappa shape index (κ2) is 6.59. The molecule has 4 heteroatoms. The van der Waals surface area contributed by atoms with Gasteiger partial charge in [0.1, 0.15) is 5.75 Å². The van der Waals surface area contributed by atoms with Crippen LogP contribution in [0.2, 0.25) is 0 Å². The molecule has 1 N–H and O–H groups in total. The summed E-state index contributed by atoms with van der Waals surface area (Å²) in [6, 6.07) is 5.75. The van der Waals surface area contributed by atoms with Gasteiger partial charge < -0.3 is 15.0 Å². The molecule has 1 fully saturated rings. The van der Waals surface area contributed by atoms with E-state index in [0.717, 1.165) is 42.8 Å². The largest absolute Gasteiger partial charge is 0.495 e. The molecule has 122 valence electrons. The van der Waals surface area contributed by atoms with Gasteiger partial charge in [0.05, 0.1) is 12.8 Å².